The Bertz CT molecular complexity index is 637. The molecule has 2 nitrogen and oxygen atoms in total. The first-order valence-electron chi connectivity index (χ1n) is 6.22. The molecule has 0 aliphatic heterocycles. The highest BCUT2D eigenvalue weighted by atomic mass is 32.2. The van der Waals surface area contributed by atoms with Gasteiger partial charge in [-0.1, -0.05) is 56.3 Å². The molecule has 0 N–H and O–H groups in total. The summed E-state index contributed by atoms with van der Waals surface area (Å²) in [6, 6.07) is 13.6. The van der Waals surface area contributed by atoms with Crippen molar-refractivity contribution >= 4 is 28.3 Å². The van der Waals surface area contributed by atoms with E-state index in [2.05, 4.69) is 0 Å². The van der Waals surface area contributed by atoms with Crippen LogP contribution >= 0.6 is 11.8 Å². The monoisotopic (exact) mass is 269 g/mol. The molecule has 1 unspecified atom stereocenters. The van der Waals surface area contributed by atoms with Crippen LogP contribution in [0.5, 0.6) is 0 Å². The van der Waals surface area contributed by atoms with Crippen molar-refractivity contribution in [3.05, 3.63) is 48.0 Å². The Hall–Kier alpha value is -1.79. The zero-order chi connectivity index (χ0) is 13.8. The molecule has 0 amide bonds. The van der Waals surface area contributed by atoms with Gasteiger partial charge in [0.15, 0.2) is 5.78 Å². The van der Waals surface area contributed by atoms with Crippen LogP contribution in [0.25, 0.3) is 10.8 Å². The van der Waals surface area contributed by atoms with Gasteiger partial charge in [-0.3, -0.25) is 4.79 Å². The molecule has 2 aromatic carbocycles. The van der Waals surface area contributed by atoms with E-state index in [0.717, 1.165) is 22.5 Å². The first-order valence-corrected chi connectivity index (χ1v) is 7.10. The van der Waals surface area contributed by atoms with Gasteiger partial charge in [-0.15, -0.1) is 0 Å². The maximum atomic E-state index is 12.6. The number of nitriles is 1. The van der Waals surface area contributed by atoms with Crippen LogP contribution in [0.4, 0.5) is 0 Å². The number of hydrogen-bond acceptors (Lipinski definition) is 3. The second-order valence-electron chi connectivity index (χ2n) is 4.76. The number of benzene rings is 2. The Kier molecular flexibility index (Phi) is 4.24. The van der Waals surface area contributed by atoms with Crippen molar-refractivity contribution in [1.82, 2.24) is 0 Å². The number of rotatable bonds is 4. The maximum Gasteiger partial charge on any atom is 0.177 e. The highest BCUT2D eigenvalue weighted by Gasteiger charge is 2.25. The number of nitrogens with zero attached hydrogens (tertiary/aromatic N) is 1. The first-order chi connectivity index (χ1) is 9.15. The summed E-state index contributed by atoms with van der Waals surface area (Å²) in [5.41, 5.74) is 0.708. The fourth-order valence-electron chi connectivity index (χ4n) is 2.14. The van der Waals surface area contributed by atoms with Gasteiger partial charge in [-0.25, -0.2) is 0 Å². The summed E-state index contributed by atoms with van der Waals surface area (Å²) < 4.78 is 0. The third-order valence-corrected chi connectivity index (χ3v) is 4.22. The van der Waals surface area contributed by atoms with E-state index in [1.807, 2.05) is 61.7 Å². The lowest BCUT2D eigenvalue weighted by Crippen LogP contribution is -2.23. The lowest BCUT2D eigenvalue weighted by Gasteiger charge is -2.16. The number of carbonyl (C=O) groups excluding carboxylic acids is 1. The van der Waals surface area contributed by atoms with Crippen molar-refractivity contribution in [2.45, 2.75) is 19.1 Å². The molecule has 0 aliphatic carbocycles. The minimum atomic E-state index is -0.309. The fraction of sp³-hybridized carbons (Fsp3) is 0.250. The Labute approximate surface area is 117 Å². The molecule has 0 heterocycles. The summed E-state index contributed by atoms with van der Waals surface area (Å²) in [5, 5.41) is 12.6. The number of thiocyanates is 1. The van der Waals surface area contributed by atoms with E-state index >= 15 is 0 Å². The van der Waals surface area contributed by atoms with Gasteiger partial charge in [0.25, 0.3) is 0 Å². The van der Waals surface area contributed by atoms with Crippen molar-refractivity contribution in [2.24, 2.45) is 5.92 Å². The van der Waals surface area contributed by atoms with Crippen LogP contribution in [0.15, 0.2) is 42.5 Å². The van der Waals surface area contributed by atoms with E-state index in [0.29, 0.717) is 5.56 Å². The summed E-state index contributed by atoms with van der Waals surface area (Å²) in [6.45, 7) is 3.94. The highest BCUT2D eigenvalue weighted by Crippen LogP contribution is 2.27. The van der Waals surface area contributed by atoms with E-state index in [9.17, 15) is 4.79 Å². The van der Waals surface area contributed by atoms with Crippen molar-refractivity contribution in [1.29, 1.82) is 5.26 Å². The van der Waals surface area contributed by atoms with Crippen molar-refractivity contribution in [3.8, 4) is 5.40 Å². The third-order valence-electron chi connectivity index (χ3n) is 3.10. The molecule has 19 heavy (non-hydrogen) atoms. The molecule has 0 saturated carbocycles. The quantitative estimate of drug-likeness (QED) is 0.615. The van der Waals surface area contributed by atoms with Crippen LogP contribution < -0.4 is 0 Å². The summed E-state index contributed by atoms with van der Waals surface area (Å²) in [4.78, 5) is 12.6. The zero-order valence-corrected chi connectivity index (χ0v) is 11.8. The minimum Gasteiger partial charge on any atom is -0.293 e. The van der Waals surface area contributed by atoms with Crippen LogP contribution in [0.2, 0.25) is 0 Å². The molecule has 1 atom stereocenters. The molecule has 0 aliphatic rings. The smallest absolute Gasteiger partial charge is 0.177 e. The summed E-state index contributed by atoms with van der Waals surface area (Å²) in [6.07, 6.45) is 0. The molecule has 0 radical (unpaired) electrons. The summed E-state index contributed by atoms with van der Waals surface area (Å²) in [7, 11) is 0. The Morgan fingerprint density at radius 1 is 1.16 bits per heavy atom. The van der Waals surface area contributed by atoms with Gasteiger partial charge in [0, 0.05) is 5.56 Å². The van der Waals surface area contributed by atoms with Crippen molar-refractivity contribution in [2.75, 3.05) is 0 Å². The van der Waals surface area contributed by atoms with Crippen molar-refractivity contribution < 1.29 is 4.79 Å². The van der Waals surface area contributed by atoms with Gasteiger partial charge in [0.2, 0.25) is 0 Å². The standard InChI is InChI=1S/C16H15NOS/c1-11(2)16(19-10-17)15(18)14-9-5-7-12-6-3-4-8-13(12)14/h3-9,11,16H,1-2H3. The number of ketones is 1. The van der Waals surface area contributed by atoms with Gasteiger partial charge in [0.1, 0.15) is 5.40 Å². The molecule has 2 rings (SSSR count). The summed E-state index contributed by atoms with van der Waals surface area (Å²) >= 11 is 1.05. The Morgan fingerprint density at radius 2 is 1.84 bits per heavy atom. The third kappa shape index (κ3) is 2.80. The molecule has 0 saturated heterocycles. The van der Waals surface area contributed by atoms with E-state index < -0.39 is 0 Å². The molecular weight excluding hydrogens is 254 g/mol. The van der Waals surface area contributed by atoms with Crippen LogP contribution in [-0.2, 0) is 0 Å². The van der Waals surface area contributed by atoms with Gasteiger partial charge >= 0.3 is 0 Å². The fourth-order valence-corrected chi connectivity index (χ4v) is 2.76. The topological polar surface area (TPSA) is 40.9 Å². The molecule has 2 aromatic rings. The number of hydrogen-bond donors (Lipinski definition) is 0. The van der Waals surface area contributed by atoms with Gasteiger partial charge in [0.05, 0.1) is 5.25 Å². The number of carbonyl (C=O) groups is 1. The van der Waals surface area contributed by atoms with E-state index in [1.54, 1.807) is 0 Å². The lowest BCUT2D eigenvalue weighted by atomic mass is 9.96. The average Bonchev–Trinajstić information content (AvgIpc) is 2.43. The van der Waals surface area contributed by atoms with Crippen LogP contribution in [0, 0.1) is 16.6 Å². The molecule has 0 fully saturated rings. The highest BCUT2D eigenvalue weighted by molar-refractivity contribution is 8.05. The van der Waals surface area contributed by atoms with Crippen molar-refractivity contribution in [3.63, 3.8) is 0 Å². The zero-order valence-electron chi connectivity index (χ0n) is 11.0. The number of fused-ring (bicyclic) bond motifs is 1. The Morgan fingerprint density at radius 3 is 2.53 bits per heavy atom. The van der Waals surface area contributed by atoms with Crippen LogP contribution in [-0.4, -0.2) is 11.0 Å². The second-order valence-corrected chi connectivity index (χ2v) is 5.69. The predicted molar refractivity (Wildman–Crippen MR) is 80.1 cm³/mol. The van der Waals surface area contributed by atoms with Crippen LogP contribution in [0.1, 0.15) is 24.2 Å². The number of Topliss-reactive ketones (excluding diaryl/α,β-unsaturated/α-hetero) is 1. The normalized spacial score (nSPS) is 12.3. The SMILES string of the molecule is CC(C)C(SC#N)C(=O)c1cccc2ccccc12. The number of thioether (sulfide) groups is 1. The largest absolute Gasteiger partial charge is 0.293 e. The summed E-state index contributed by atoms with van der Waals surface area (Å²) in [5.74, 6) is 0.175. The molecule has 0 bridgehead atoms. The lowest BCUT2D eigenvalue weighted by molar-refractivity contribution is 0.0977. The molecule has 3 heteroatoms. The van der Waals surface area contributed by atoms with E-state index in [4.69, 9.17) is 5.26 Å². The minimum absolute atomic E-state index is 0.0401. The average molecular weight is 269 g/mol. The first kappa shape index (κ1) is 13.6. The molecule has 0 aromatic heterocycles. The van der Waals surface area contributed by atoms with Crippen LogP contribution in [0.3, 0.4) is 0 Å². The molecule has 96 valence electrons. The predicted octanol–water partition coefficient (Wildman–Crippen LogP) is 4.26. The van der Waals surface area contributed by atoms with E-state index in [-0.39, 0.29) is 17.0 Å². The molecule has 0 spiro atoms. The molecular formula is C16H15NOS. The van der Waals surface area contributed by atoms with Gasteiger partial charge in [-0.2, -0.15) is 5.26 Å². The Balaban J connectivity index is 2.49. The second kappa shape index (κ2) is 5.90. The van der Waals surface area contributed by atoms with Gasteiger partial charge in [-0.05, 0) is 28.5 Å². The maximum absolute atomic E-state index is 12.6. The van der Waals surface area contributed by atoms with E-state index in [1.165, 1.54) is 0 Å². The van der Waals surface area contributed by atoms with Gasteiger partial charge < -0.3 is 0 Å².